The Morgan fingerprint density at radius 1 is 1.33 bits per heavy atom. The van der Waals surface area contributed by atoms with E-state index >= 15 is 0 Å². The number of hydrogen-bond donors (Lipinski definition) is 1. The second kappa shape index (κ2) is 9.57. The number of anilines is 1. The number of esters is 1. The highest BCUT2D eigenvalue weighted by atomic mass is 32.2. The largest absolute Gasteiger partial charge is 0.465 e. The lowest BCUT2D eigenvalue weighted by molar-refractivity contribution is -0.113. The molecule has 12 heteroatoms. The van der Waals surface area contributed by atoms with Crippen LogP contribution < -0.4 is 5.32 Å². The molecule has 9 nitrogen and oxygen atoms in total. The molecule has 1 aliphatic carbocycles. The lowest BCUT2D eigenvalue weighted by Gasteiger charge is -2.18. The number of nitrogens with one attached hydrogen (secondary N) is 1. The van der Waals surface area contributed by atoms with E-state index in [0.717, 1.165) is 28.2 Å². The van der Waals surface area contributed by atoms with Crippen molar-refractivity contribution in [2.45, 2.75) is 31.4 Å². The lowest BCUT2D eigenvalue weighted by Crippen LogP contribution is -2.24. The van der Waals surface area contributed by atoms with Crippen molar-refractivity contribution in [3.8, 4) is 0 Å². The molecule has 33 heavy (non-hydrogen) atoms. The molecule has 0 saturated carbocycles. The van der Waals surface area contributed by atoms with Crippen LogP contribution >= 0.6 is 22.7 Å². The first kappa shape index (κ1) is 23.3. The van der Waals surface area contributed by atoms with Crippen molar-refractivity contribution in [2.24, 2.45) is 5.92 Å². The summed E-state index contributed by atoms with van der Waals surface area (Å²) in [6.07, 6.45) is 5.64. The molecule has 4 rings (SSSR count). The van der Waals surface area contributed by atoms with E-state index in [0.29, 0.717) is 22.9 Å². The number of aromatic nitrogens is 2. The summed E-state index contributed by atoms with van der Waals surface area (Å²) in [5, 5.41) is 11.4. The second-order valence-electron chi connectivity index (χ2n) is 7.61. The van der Waals surface area contributed by atoms with Crippen LogP contribution in [0.1, 0.15) is 44.9 Å². The number of nitrogens with zero attached hydrogens (tertiary/aromatic N) is 2. The summed E-state index contributed by atoms with van der Waals surface area (Å²) in [5.74, 6) is -1.79. The van der Waals surface area contributed by atoms with Gasteiger partial charge in [0.25, 0.3) is 0 Å². The summed E-state index contributed by atoms with van der Waals surface area (Å²) >= 11 is 2.78. The molecular formula is C21H21N3O6S3. The third-order valence-corrected chi connectivity index (χ3v) is 8.44. The number of rotatable bonds is 7. The van der Waals surface area contributed by atoms with Gasteiger partial charge in [-0.15, -0.1) is 27.8 Å². The molecule has 0 radical (unpaired) electrons. The van der Waals surface area contributed by atoms with E-state index in [2.05, 4.69) is 22.4 Å². The van der Waals surface area contributed by atoms with Gasteiger partial charge in [-0.05, 0) is 48.3 Å². The van der Waals surface area contributed by atoms with Crippen molar-refractivity contribution in [1.82, 2.24) is 10.2 Å². The molecule has 1 aliphatic rings. The first-order valence-electron chi connectivity index (χ1n) is 10.1. The zero-order chi connectivity index (χ0) is 23.6. The average Bonchev–Trinajstić information content (AvgIpc) is 3.50. The highest BCUT2D eigenvalue weighted by Crippen LogP contribution is 2.40. The topological polar surface area (TPSA) is 128 Å². The number of sulfone groups is 1. The summed E-state index contributed by atoms with van der Waals surface area (Å²) in [7, 11) is -2.90. The molecule has 0 fully saturated rings. The van der Waals surface area contributed by atoms with Crippen LogP contribution in [0.15, 0.2) is 27.2 Å². The van der Waals surface area contributed by atoms with Crippen molar-refractivity contribution in [1.29, 1.82) is 0 Å². The van der Waals surface area contributed by atoms with E-state index in [1.165, 1.54) is 35.9 Å². The van der Waals surface area contributed by atoms with Gasteiger partial charge in [-0.3, -0.25) is 4.79 Å². The molecular weight excluding hydrogens is 486 g/mol. The summed E-state index contributed by atoms with van der Waals surface area (Å²) in [5.41, 5.74) is 1.16. The fraction of sp³-hybridized carbons (Fsp3) is 0.333. The molecule has 0 aromatic carbocycles. The number of carbonyl (C=O) groups is 2. The molecule has 0 spiro atoms. The van der Waals surface area contributed by atoms with Crippen molar-refractivity contribution in [3.63, 3.8) is 0 Å². The van der Waals surface area contributed by atoms with Crippen LogP contribution in [0.3, 0.4) is 0 Å². The van der Waals surface area contributed by atoms with Crippen molar-refractivity contribution in [2.75, 3.05) is 18.2 Å². The van der Waals surface area contributed by atoms with E-state index in [-0.39, 0.29) is 5.89 Å². The Hall–Kier alpha value is -2.83. The van der Waals surface area contributed by atoms with Crippen LogP contribution in [0, 0.1) is 5.92 Å². The van der Waals surface area contributed by atoms with Crippen molar-refractivity contribution in [3.05, 3.63) is 44.3 Å². The quantitative estimate of drug-likeness (QED) is 0.480. The molecule has 1 N–H and O–H groups in total. The minimum absolute atomic E-state index is 0.00964. The maximum atomic E-state index is 12.6. The summed E-state index contributed by atoms with van der Waals surface area (Å²) in [4.78, 5) is 26.9. The van der Waals surface area contributed by atoms with Crippen LogP contribution in [0.2, 0.25) is 0 Å². The predicted molar refractivity (Wildman–Crippen MR) is 125 cm³/mol. The Kier molecular flexibility index (Phi) is 6.77. The van der Waals surface area contributed by atoms with Gasteiger partial charge in [0.15, 0.2) is 0 Å². The van der Waals surface area contributed by atoms with Crippen LogP contribution in [-0.2, 0) is 32.2 Å². The van der Waals surface area contributed by atoms with Gasteiger partial charge in [0.1, 0.15) is 10.8 Å². The normalized spacial score (nSPS) is 16.0. The predicted octanol–water partition coefficient (Wildman–Crippen LogP) is 3.69. The van der Waals surface area contributed by atoms with Gasteiger partial charge < -0.3 is 14.5 Å². The van der Waals surface area contributed by atoms with Gasteiger partial charge in [-0.1, -0.05) is 18.1 Å². The van der Waals surface area contributed by atoms with Gasteiger partial charge in [0.05, 0.1) is 12.7 Å². The Morgan fingerprint density at radius 2 is 2.15 bits per heavy atom. The number of ether oxygens (including phenoxy) is 1. The first-order chi connectivity index (χ1) is 15.8. The monoisotopic (exact) mass is 507 g/mol. The lowest BCUT2D eigenvalue weighted by atomic mass is 9.88. The molecule has 0 bridgehead atoms. The molecule has 3 aromatic heterocycles. The first-order valence-corrected chi connectivity index (χ1v) is 13.4. The van der Waals surface area contributed by atoms with Crippen molar-refractivity contribution >= 4 is 61.5 Å². The van der Waals surface area contributed by atoms with E-state index in [1.807, 2.05) is 17.5 Å². The third kappa shape index (κ3) is 5.23. The minimum atomic E-state index is -4.18. The Morgan fingerprint density at radius 3 is 2.88 bits per heavy atom. The SMILES string of the molecule is COC(=O)c1c(NC(=O)CS(=O)(=O)c2nnc(C=Cc3cccs3)o2)sc2c1CCC(C)C2. The summed E-state index contributed by atoms with van der Waals surface area (Å²) in [6, 6.07) is 3.76. The number of carbonyl (C=O) groups excluding carboxylic acids is 2. The zero-order valence-electron chi connectivity index (χ0n) is 17.9. The number of thiophene rings is 2. The molecule has 1 atom stereocenters. The summed E-state index contributed by atoms with van der Waals surface area (Å²) in [6.45, 7) is 2.12. The second-order valence-corrected chi connectivity index (χ2v) is 11.6. The molecule has 1 unspecified atom stereocenters. The number of hydrogen-bond acceptors (Lipinski definition) is 10. The number of amides is 1. The van der Waals surface area contributed by atoms with Gasteiger partial charge >= 0.3 is 11.2 Å². The Bertz CT molecular complexity index is 1300. The minimum Gasteiger partial charge on any atom is -0.465 e. The van der Waals surface area contributed by atoms with Crippen molar-refractivity contribution < 1.29 is 27.2 Å². The smallest absolute Gasteiger partial charge is 0.341 e. The van der Waals surface area contributed by atoms with E-state index in [1.54, 1.807) is 6.08 Å². The summed E-state index contributed by atoms with van der Waals surface area (Å²) < 4.78 is 35.4. The Balaban J connectivity index is 1.49. The maximum absolute atomic E-state index is 12.6. The molecule has 3 heterocycles. The third-order valence-electron chi connectivity index (χ3n) is 5.10. The standard InChI is InChI=1S/C21H21N3O6S3/c1-12-5-7-14-15(10-12)32-19(18(14)20(26)29-2)22-16(25)11-33(27,28)21-24-23-17(30-21)8-6-13-4-3-9-31-13/h3-4,6,8-9,12H,5,7,10-11H2,1-2H3,(H,22,25). The van der Waals surface area contributed by atoms with Gasteiger partial charge in [0.2, 0.25) is 21.6 Å². The highest BCUT2D eigenvalue weighted by molar-refractivity contribution is 7.91. The molecule has 0 saturated heterocycles. The fourth-order valence-electron chi connectivity index (χ4n) is 3.51. The van der Waals surface area contributed by atoms with Gasteiger partial charge in [-0.25, -0.2) is 13.2 Å². The molecule has 0 aliphatic heterocycles. The van der Waals surface area contributed by atoms with E-state index in [9.17, 15) is 18.0 Å². The molecule has 174 valence electrons. The fourth-order valence-corrected chi connectivity index (χ4v) is 6.46. The van der Waals surface area contributed by atoms with Crippen LogP contribution in [-0.4, -0.2) is 43.4 Å². The van der Waals surface area contributed by atoms with Crippen LogP contribution in [0.25, 0.3) is 12.2 Å². The van der Waals surface area contributed by atoms with Crippen LogP contribution in [0.5, 0.6) is 0 Å². The van der Waals surface area contributed by atoms with Crippen LogP contribution in [0.4, 0.5) is 5.00 Å². The van der Waals surface area contributed by atoms with Gasteiger partial charge in [0, 0.05) is 15.8 Å². The van der Waals surface area contributed by atoms with E-state index < -0.39 is 32.7 Å². The van der Waals surface area contributed by atoms with Gasteiger partial charge in [-0.2, -0.15) is 0 Å². The maximum Gasteiger partial charge on any atom is 0.341 e. The Labute approximate surface area is 198 Å². The van der Waals surface area contributed by atoms with E-state index in [4.69, 9.17) is 9.15 Å². The zero-order valence-corrected chi connectivity index (χ0v) is 20.3. The number of methoxy groups -OCH3 is 1. The molecule has 3 aromatic rings. The average molecular weight is 508 g/mol. The highest BCUT2D eigenvalue weighted by Gasteiger charge is 2.31. The molecule has 1 amide bonds. The number of fused-ring (bicyclic) bond motifs is 1.